The number of nitrogens with zero attached hydrogens (tertiary/aromatic N) is 6. The van der Waals surface area contributed by atoms with Crippen molar-refractivity contribution in [2.45, 2.75) is 26.7 Å². The fraction of sp³-hybridized carbons (Fsp3) is 0.156. The molecular formula is C32H27ClN6O4. The van der Waals surface area contributed by atoms with Crippen molar-refractivity contribution >= 4 is 39.6 Å². The number of phenols is 2. The molecule has 0 aliphatic heterocycles. The summed E-state index contributed by atoms with van der Waals surface area (Å²) in [4.78, 5) is 14.7. The fourth-order valence-corrected chi connectivity index (χ4v) is 5.01. The molecule has 10 nitrogen and oxygen atoms in total. The van der Waals surface area contributed by atoms with Crippen LogP contribution in [-0.2, 0) is 22.4 Å². The Bertz CT molecular complexity index is 2010. The van der Waals surface area contributed by atoms with Gasteiger partial charge in [0.1, 0.15) is 44.9 Å². The van der Waals surface area contributed by atoms with Gasteiger partial charge in [-0.3, -0.25) is 0 Å². The molecule has 0 amide bonds. The van der Waals surface area contributed by atoms with Crippen LogP contribution >= 0.6 is 11.6 Å². The number of phenolic OH excluding ortho intramolecular Hbond substituents is 2. The van der Waals surface area contributed by atoms with Crippen LogP contribution in [0.15, 0.2) is 78.9 Å². The van der Waals surface area contributed by atoms with Crippen LogP contribution in [0.2, 0.25) is 5.02 Å². The van der Waals surface area contributed by atoms with E-state index in [1.165, 1.54) is 9.59 Å². The number of aromatic hydroxyl groups is 2. The van der Waals surface area contributed by atoms with E-state index in [2.05, 4.69) is 27.0 Å². The lowest BCUT2D eigenvalue weighted by molar-refractivity contribution is -0.138. The van der Waals surface area contributed by atoms with Crippen LogP contribution in [0.1, 0.15) is 29.2 Å². The fourth-order valence-electron chi connectivity index (χ4n) is 4.85. The SMILES string of the molecule is C=C(C)C(=O)OCCc1cc(Cc2cc(C)cc(-n3nc4ccccc4n3)c2O)c(O)c(-n2nc3ccc(Cl)cc3n2)c1. The van der Waals surface area contributed by atoms with Crippen molar-refractivity contribution in [3.63, 3.8) is 0 Å². The second kappa shape index (κ2) is 11.2. The van der Waals surface area contributed by atoms with Crippen molar-refractivity contribution in [2.75, 3.05) is 6.61 Å². The standard InChI is InChI=1S/C32H27ClN6O4/c1-18(2)32(42)43-11-10-20-14-22(31(41)29(15-20)39-36-26-9-8-23(33)17-27(26)37-39)16-21-12-19(3)13-28(30(21)40)38-34-24-6-4-5-7-25(24)35-38/h4-9,12-15,17,40-41H,1,10-11,16H2,2-3H3. The number of benzene rings is 4. The molecule has 2 heterocycles. The Hall–Kier alpha value is -5.22. The molecule has 0 bridgehead atoms. The molecule has 0 fully saturated rings. The Morgan fingerprint density at radius 2 is 1.42 bits per heavy atom. The summed E-state index contributed by atoms with van der Waals surface area (Å²) in [6, 6.07) is 19.8. The first-order chi connectivity index (χ1) is 20.7. The maximum absolute atomic E-state index is 11.9. The van der Waals surface area contributed by atoms with Crippen molar-refractivity contribution in [3.05, 3.63) is 106 Å². The normalized spacial score (nSPS) is 11.3. The third-order valence-electron chi connectivity index (χ3n) is 6.95. The molecule has 216 valence electrons. The van der Waals surface area contributed by atoms with Gasteiger partial charge in [-0.05, 0) is 67.4 Å². The molecule has 6 aromatic rings. The molecule has 4 aromatic carbocycles. The van der Waals surface area contributed by atoms with Crippen LogP contribution in [0.25, 0.3) is 33.4 Å². The van der Waals surface area contributed by atoms with Gasteiger partial charge in [0.25, 0.3) is 0 Å². The maximum atomic E-state index is 11.9. The molecule has 0 aliphatic rings. The van der Waals surface area contributed by atoms with Crippen LogP contribution in [-0.4, -0.2) is 52.8 Å². The number of carbonyl (C=O) groups excluding carboxylic acids is 1. The minimum absolute atomic E-state index is 0.00904. The number of aromatic nitrogens is 6. The van der Waals surface area contributed by atoms with Gasteiger partial charge >= 0.3 is 5.97 Å². The van der Waals surface area contributed by atoms with Crippen LogP contribution in [0.5, 0.6) is 11.5 Å². The number of hydrogen-bond donors (Lipinski definition) is 2. The number of aryl methyl sites for hydroxylation is 1. The summed E-state index contributed by atoms with van der Waals surface area (Å²) in [7, 11) is 0. The van der Waals surface area contributed by atoms with Crippen molar-refractivity contribution < 1.29 is 19.7 Å². The van der Waals surface area contributed by atoms with Crippen LogP contribution < -0.4 is 0 Å². The maximum Gasteiger partial charge on any atom is 0.333 e. The lowest BCUT2D eigenvalue weighted by Crippen LogP contribution is -2.09. The van der Waals surface area contributed by atoms with E-state index in [4.69, 9.17) is 16.3 Å². The number of rotatable bonds is 8. The molecule has 0 saturated carbocycles. The van der Waals surface area contributed by atoms with Crippen molar-refractivity contribution in [1.29, 1.82) is 0 Å². The molecule has 0 spiro atoms. The van der Waals surface area contributed by atoms with Crippen LogP contribution in [0.3, 0.4) is 0 Å². The summed E-state index contributed by atoms with van der Waals surface area (Å²) in [5.41, 5.74) is 6.36. The highest BCUT2D eigenvalue weighted by molar-refractivity contribution is 6.31. The number of carbonyl (C=O) groups is 1. The molecule has 2 aromatic heterocycles. The average molecular weight is 595 g/mol. The van der Waals surface area contributed by atoms with E-state index in [-0.39, 0.29) is 24.5 Å². The quantitative estimate of drug-likeness (QED) is 0.168. The molecular weight excluding hydrogens is 568 g/mol. The van der Waals surface area contributed by atoms with E-state index in [1.54, 1.807) is 37.3 Å². The minimum Gasteiger partial charge on any atom is -0.505 e. The van der Waals surface area contributed by atoms with Gasteiger partial charge in [0.05, 0.1) is 6.61 Å². The van der Waals surface area contributed by atoms with E-state index in [0.29, 0.717) is 61.6 Å². The summed E-state index contributed by atoms with van der Waals surface area (Å²) in [6.07, 6.45) is 0.535. The second-order valence-corrected chi connectivity index (χ2v) is 10.8. The lowest BCUT2D eigenvalue weighted by atomic mass is 9.97. The van der Waals surface area contributed by atoms with Crippen molar-refractivity contribution in [2.24, 2.45) is 0 Å². The number of ether oxygens (including phenoxy) is 1. The molecule has 0 atom stereocenters. The Morgan fingerprint density at radius 1 is 0.837 bits per heavy atom. The summed E-state index contributed by atoms with van der Waals surface area (Å²) in [6.45, 7) is 7.23. The first kappa shape index (κ1) is 27.9. The predicted octanol–water partition coefficient (Wildman–Crippen LogP) is 5.78. The molecule has 0 unspecified atom stereocenters. The first-order valence-corrected chi connectivity index (χ1v) is 13.9. The average Bonchev–Trinajstić information content (AvgIpc) is 3.60. The third kappa shape index (κ3) is 5.64. The zero-order valence-electron chi connectivity index (χ0n) is 23.5. The van der Waals surface area contributed by atoms with Gasteiger partial charge in [-0.1, -0.05) is 42.4 Å². The van der Waals surface area contributed by atoms with Crippen molar-refractivity contribution in [1.82, 2.24) is 30.0 Å². The smallest absolute Gasteiger partial charge is 0.333 e. The van der Waals surface area contributed by atoms with E-state index in [0.717, 1.165) is 11.1 Å². The Labute approximate surface area is 251 Å². The van der Waals surface area contributed by atoms with Gasteiger partial charge in [-0.25, -0.2) is 4.79 Å². The lowest BCUT2D eigenvalue weighted by Gasteiger charge is -2.15. The van der Waals surface area contributed by atoms with Crippen molar-refractivity contribution in [3.8, 4) is 22.9 Å². The highest BCUT2D eigenvalue weighted by atomic mass is 35.5. The zero-order valence-corrected chi connectivity index (χ0v) is 24.2. The summed E-state index contributed by atoms with van der Waals surface area (Å²) >= 11 is 6.15. The number of fused-ring (bicyclic) bond motifs is 2. The Kier molecular flexibility index (Phi) is 7.29. The monoisotopic (exact) mass is 594 g/mol. The first-order valence-electron chi connectivity index (χ1n) is 13.5. The molecule has 43 heavy (non-hydrogen) atoms. The molecule has 0 radical (unpaired) electrons. The molecule has 0 saturated heterocycles. The molecule has 2 N–H and O–H groups in total. The van der Waals surface area contributed by atoms with Crippen LogP contribution in [0.4, 0.5) is 0 Å². The number of halogens is 1. The topological polar surface area (TPSA) is 128 Å². The largest absolute Gasteiger partial charge is 0.505 e. The Morgan fingerprint density at radius 3 is 2.07 bits per heavy atom. The summed E-state index contributed by atoms with van der Waals surface area (Å²) < 4.78 is 5.32. The van der Waals surface area contributed by atoms with E-state index in [1.807, 2.05) is 43.3 Å². The molecule has 0 aliphatic carbocycles. The van der Waals surface area contributed by atoms with Gasteiger partial charge in [0.2, 0.25) is 0 Å². The summed E-state index contributed by atoms with van der Waals surface area (Å²) in [5, 5.41) is 41.5. The molecule has 11 heteroatoms. The number of esters is 1. The van der Waals surface area contributed by atoms with Gasteiger partial charge in [0.15, 0.2) is 0 Å². The van der Waals surface area contributed by atoms with Gasteiger partial charge in [-0.2, -0.15) is 0 Å². The van der Waals surface area contributed by atoms with E-state index in [9.17, 15) is 15.0 Å². The second-order valence-electron chi connectivity index (χ2n) is 10.4. The third-order valence-corrected chi connectivity index (χ3v) is 7.19. The zero-order chi connectivity index (χ0) is 30.2. The van der Waals surface area contributed by atoms with Gasteiger partial charge in [0, 0.05) is 34.6 Å². The minimum atomic E-state index is -0.479. The highest BCUT2D eigenvalue weighted by Crippen LogP contribution is 2.35. The molecule has 6 rings (SSSR count). The highest BCUT2D eigenvalue weighted by Gasteiger charge is 2.19. The van der Waals surface area contributed by atoms with Crippen LogP contribution in [0, 0.1) is 6.92 Å². The van der Waals surface area contributed by atoms with E-state index >= 15 is 0 Å². The number of hydrogen-bond acceptors (Lipinski definition) is 8. The van der Waals surface area contributed by atoms with Gasteiger partial charge < -0.3 is 14.9 Å². The van der Waals surface area contributed by atoms with E-state index < -0.39 is 5.97 Å². The van der Waals surface area contributed by atoms with Gasteiger partial charge in [-0.15, -0.1) is 30.0 Å². The Balaban J connectivity index is 1.41. The predicted molar refractivity (Wildman–Crippen MR) is 163 cm³/mol. The summed E-state index contributed by atoms with van der Waals surface area (Å²) in [5.74, 6) is -0.544.